The van der Waals surface area contributed by atoms with Crippen LogP contribution in [0.3, 0.4) is 0 Å². The average Bonchev–Trinajstić information content (AvgIpc) is 3.11. The number of benzene rings is 2. The largest absolute Gasteiger partial charge is 0.478 e. The molecule has 0 atom stereocenters. The minimum atomic E-state index is -0.992. The summed E-state index contributed by atoms with van der Waals surface area (Å²) in [6, 6.07) is 16.1. The highest BCUT2D eigenvalue weighted by Crippen LogP contribution is 2.16. The van der Waals surface area contributed by atoms with E-state index in [2.05, 4.69) is 10.5 Å². The van der Waals surface area contributed by atoms with Crippen LogP contribution < -0.4 is 5.43 Å². The van der Waals surface area contributed by atoms with Crippen LogP contribution in [0.2, 0.25) is 0 Å². The van der Waals surface area contributed by atoms with Gasteiger partial charge in [-0.05, 0) is 42.5 Å². The molecule has 0 radical (unpaired) electrons. The van der Waals surface area contributed by atoms with Gasteiger partial charge in [0.1, 0.15) is 0 Å². The van der Waals surface area contributed by atoms with Crippen LogP contribution in [0.5, 0.6) is 0 Å². The van der Waals surface area contributed by atoms with Crippen molar-refractivity contribution in [1.82, 2.24) is 4.57 Å². The van der Waals surface area contributed by atoms with Gasteiger partial charge in [-0.2, -0.15) is 5.10 Å². The first-order valence-corrected chi connectivity index (χ1v) is 7.59. The lowest BCUT2D eigenvalue weighted by molar-refractivity contribution is -0.384. The van der Waals surface area contributed by atoms with E-state index >= 15 is 0 Å². The van der Waals surface area contributed by atoms with E-state index in [9.17, 15) is 14.9 Å². The first kappa shape index (κ1) is 16.9. The zero-order valence-corrected chi connectivity index (χ0v) is 13.4. The van der Waals surface area contributed by atoms with Gasteiger partial charge in [0, 0.05) is 24.0 Å². The number of nitrogens with one attached hydrogen (secondary N) is 1. The smallest absolute Gasteiger partial charge is 0.335 e. The molecule has 8 heteroatoms. The van der Waals surface area contributed by atoms with E-state index in [1.807, 2.05) is 12.1 Å². The number of anilines is 1. The third kappa shape index (κ3) is 3.75. The van der Waals surface area contributed by atoms with Gasteiger partial charge in [0.05, 0.1) is 28.1 Å². The van der Waals surface area contributed by atoms with Crippen LogP contribution in [0.1, 0.15) is 16.1 Å². The molecule has 0 aliphatic heterocycles. The molecule has 0 fully saturated rings. The topological polar surface area (TPSA) is 110 Å². The van der Waals surface area contributed by atoms with Gasteiger partial charge in [0.2, 0.25) is 0 Å². The number of hydrogen-bond acceptors (Lipinski definition) is 5. The molecule has 0 saturated carbocycles. The second-order valence-electron chi connectivity index (χ2n) is 5.33. The number of hydrazone groups is 1. The summed E-state index contributed by atoms with van der Waals surface area (Å²) in [6.45, 7) is 0. The Bertz CT molecular complexity index is 977. The molecule has 3 rings (SSSR count). The molecule has 0 amide bonds. The molecule has 0 unspecified atom stereocenters. The van der Waals surface area contributed by atoms with Gasteiger partial charge in [-0.3, -0.25) is 15.5 Å². The summed E-state index contributed by atoms with van der Waals surface area (Å²) >= 11 is 0. The standard InChI is InChI=1S/C18H14N4O4/c23-18(24)13-3-1-4-16(11-13)21-10-2-5-17(21)12-19-20-14-6-8-15(9-7-14)22(25)26/h1-12,20H,(H,23,24)/b19-12-. The fourth-order valence-electron chi connectivity index (χ4n) is 2.35. The van der Waals surface area contributed by atoms with Crippen molar-refractivity contribution in [3.05, 3.63) is 88.2 Å². The van der Waals surface area contributed by atoms with Crippen LogP contribution in [0, 0.1) is 10.1 Å². The van der Waals surface area contributed by atoms with Crippen LogP contribution in [0.25, 0.3) is 5.69 Å². The maximum atomic E-state index is 11.1. The highest BCUT2D eigenvalue weighted by molar-refractivity contribution is 5.88. The SMILES string of the molecule is O=C(O)c1cccc(-n2cccc2/C=N\Nc2ccc([N+](=O)[O-])cc2)c1. The number of non-ortho nitro benzene ring substituents is 1. The second kappa shape index (κ2) is 7.31. The fraction of sp³-hybridized carbons (Fsp3) is 0. The van der Waals surface area contributed by atoms with E-state index in [1.165, 1.54) is 18.2 Å². The number of carboxylic acids is 1. The summed E-state index contributed by atoms with van der Waals surface area (Å²) in [5, 5.41) is 23.9. The molecule has 1 heterocycles. The molecule has 8 nitrogen and oxygen atoms in total. The Labute approximate surface area is 148 Å². The number of rotatable bonds is 6. The number of aromatic nitrogens is 1. The Morgan fingerprint density at radius 2 is 1.92 bits per heavy atom. The van der Waals surface area contributed by atoms with Crippen molar-refractivity contribution < 1.29 is 14.8 Å². The number of aromatic carboxylic acids is 1. The quantitative estimate of drug-likeness (QED) is 0.401. The summed E-state index contributed by atoms with van der Waals surface area (Å²) in [5.41, 5.74) is 5.05. The van der Waals surface area contributed by atoms with E-state index in [1.54, 1.807) is 47.3 Å². The summed E-state index contributed by atoms with van der Waals surface area (Å²) < 4.78 is 1.80. The molecule has 1 aromatic heterocycles. The van der Waals surface area contributed by atoms with Crippen LogP contribution >= 0.6 is 0 Å². The van der Waals surface area contributed by atoms with Gasteiger partial charge in [0.25, 0.3) is 5.69 Å². The predicted molar refractivity (Wildman–Crippen MR) is 97.0 cm³/mol. The predicted octanol–water partition coefficient (Wildman–Crippen LogP) is 3.53. The zero-order valence-electron chi connectivity index (χ0n) is 13.4. The summed E-state index contributed by atoms with van der Waals surface area (Å²) in [4.78, 5) is 21.3. The van der Waals surface area contributed by atoms with Crippen molar-refractivity contribution in [1.29, 1.82) is 0 Å². The molecule has 0 aliphatic rings. The molecule has 0 saturated heterocycles. The van der Waals surface area contributed by atoms with Crippen molar-refractivity contribution in [2.45, 2.75) is 0 Å². The number of carboxylic acid groups (broad SMARTS) is 1. The van der Waals surface area contributed by atoms with Gasteiger partial charge < -0.3 is 9.67 Å². The van der Waals surface area contributed by atoms with Crippen molar-refractivity contribution in [2.24, 2.45) is 5.10 Å². The minimum absolute atomic E-state index is 0.00622. The van der Waals surface area contributed by atoms with Crippen molar-refractivity contribution in [3.63, 3.8) is 0 Å². The summed E-state index contributed by atoms with van der Waals surface area (Å²) in [5.74, 6) is -0.992. The Balaban J connectivity index is 1.76. The third-order valence-corrected chi connectivity index (χ3v) is 3.62. The molecule has 0 bridgehead atoms. The summed E-state index contributed by atoms with van der Waals surface area (Å²) in [7, 11) is 0. The van der Waals surface area contributed by atoms with E-state index in [0.717, 1.165) is 5.69 Å². The van der Waals surface area contributed by atoms with Crippen LogP contribution in [-0.4, -0.2) is 26.8 Å². The van der Waals surface area contributed by atoms with Gasteiger partial charge >= 0.3 is 5.97 Å². The van der Waals surface area contributed by atoms with E-state index in [-0.39, 0.29) is 11.3 Å². The normalized spacial score (nSPS) is 10.8. The highest BCUT2D eigenvalue weighted by atomic mass is 16.6. The Kier molecular flexibility index (Phi) is 4.75. The number of nitro groups is 1. The number of nitro benzene ring substituents is 1. The molecule has 130 valence electrons. The van der Waals surface area contributed by atoms with Gasteiger partial charge in [0.15, 0.2) is 0 Å². The van der Waals surface area contributed by atoms with E-state index in [0.29, 0.717) is 11.4 Å². The van der Waals surface area contributed by atoms with Crippen molar-refractivity contribution in [2.75, 3.05) is 5.43 Å². The molecule has 0 aliphatic carbocycles. The molecular weight excluding hydrogens is 336 g/mol. The Morgan fingerprint density at radius 3 is 2.62 bits per heavy atom. The van der Waals surface area contributed by atoms with Crippen molar-refractivity contribution >= 4 is 23.6 Å². The third-order valence-electron chi connectivity index (χ3n) is 3.62. The van der Waals surface area contributed by atoms with E-state index < -0.39 is 10.9 Å². The fourth-order valence-corrected chi connectivity index (χ4v) is 2.35. The van der Waals surface area contributed by atoms with Gasteiger partial charge in [-0.1, -0.05) is 6.07 Å². The highest BCUT2D eigenvalue weighted by Gasteiger charge is 2.06. The maximum Gasteiger partial charge on any atom is 0.335 e. The second-order valence-corrected chi connectivity index (χ2v) is 5.33. The molecule has 2 N–H and O–H groups in total. The number of carbonyl (C=O) groups is 1. The first-order chi connectivity index (χ1) is 12.5. The molecular formula is C18H14N4O4. The minimum Gasteiger partial charge on any atom is -0.478 e. The maximum absolute atomic E-state index is 11.1. The van der Waals surface area contributed by atoms with Crippen LogP contribution in [0.4, 0.5) is 11.4 Å². The lowest BCUT2D eigenvalue weighted by atomic mass is 10.2. The number of hydrogen-bond donors (Lipinski definition) is 2. The van der Waals surface area contributed by atoms with Gasteiger partial charge in [-0.25, -0.2) is 4.79 Å². The molecule has 0 spiro atoms. The van der Waals surface area contributed by atoms with Crippen LogP contribution in [-0.2, 0) is 0 Å². The zero-order chi connectivity index (χ0) is 18.5. The van der Waals surface area contributed by atoms with Crippen molar-refractivity contribution in [3.8, 4) is 5.69 Å². The monoisotopic (exact) mass is 350 g/mol. The first-order valence-electron chi connectivity index (χ1n) is 7.59. The molecule has 26 heavy (non-hydrogen) atoms. The lowest BCUT2D eigenvalue weighted by Gasteiger charge is -2.07. The Hall–Kier alpha value is -3.94. The lowest BCUT2D eigenvalue weighted by Crippen LogP contribution is -2.02. The average molecular weight is 350 g/mol. The van der Waals surface area contributed by atoms with Crippen LogP contribution in [0.15, 0.2) is 72.0 Å². The molecule has 2 aromatic carbocycles. The Morgan fingerprint density at radius 1 is 1.15 bits per heavy atom. The number of nitrogens with zero attached hydrogens (tertiary/aromatic N) is 3. The van der Waals surface area contributed by atoms with Gasteiger partial charge in [-0.15, -0.1) is 0 Å². The molecule has 3 aromatic rings. The summed E-state index contributed by atoms with van der Waals surface area (Å²) in [6.07, 6.45) is 3.38. The van der Waals surface area contributed by atoms with E-state index in [4.69, 9.17) is 5.11 Å².